The fourth-order valence-corrected chi connectivity index (χ4v) is 7.19. The molecule has 48 heavy (non-hydrogen) atoms. The molecule has 248 valence electrons. The van der Waals surface area contributed by atoms with E-state index in [4.69, 9.17) is 19.7 Å². The number of aryl methyl sites for hydroxylation is 1. The summed E-state index contributed by atoms with van der Waals surface area (Å²) in [5, 5.41) is 17.7. The van der Waals surface area contributed by atoms with Crippen molar-refractivity contribution in [2.45, 2.75) is 95.2 Å². The van der Waals surface area contributed by atoms with Gasteiger partial charge in [-0.2, -0.15) is 10.4 Å². The molecule has 7 rings (SSSR count). The highest BCUT2D eigenvalue weighted by atomic mass is 16.5. The Hall–Kier alpha value is -4.69. The molecule has 1 aromatic carbocycles. The second-order valence-electron chi connectivity index (χ2n) is 13.4. The van der Waals surface area contributed by atoms with Gasteiger partial charge in [-0.05, 0) is 56.9 Å². The lowest BCUT2D eigenvalue weighted by atomic mass is 9.90. The summed E-state index contributed by atoms with van der Waals surface area (Å²) >= 11 is 0. The Morgan fingerprint density at radius 3 is 2.42 bits per heavy atom. The summed E-state index contributed by atoms with van der Waals surface area (Å²) in [7, 11) is 0. The van der Waals surface area contributed by atoms with Crippen LogP contribution in [0.2, 0.25) is 0 Å². The van der Waals surface area contributed by atoms with Crippen molar-refractivity contribution in [3.8, 4) is 17.2 Å². The maximum atomic E-state index is 13.9. The lowest BCUT2D eigenvalue weighted by molar-refractivity contribution is -0.119. The van der Waals surface area contributed by atoms with E-state index < -0.39 is 0 Å². The standard InChI is InChI=1S/C37H43N9O2/c38-18-28-19-39-36(44-34(28)17-27-24-48-25-27)43-31-12-14-33(15-13-31)46(35(47)16-11-26-7-3-1-4-8-26)37-40-20-29(21-41-37)30-22-42-45(23-30)32-9-5-2-6-10-32/h1,3-4,7-8,19-23,27,31-33H,2,5-6,9-17,24-25H2,(H,39,43,44). The van der Waals surface area contributed by atoms with Crippen molar-refractivity contribution in [3.05, 3.63) is 78.1 Å². The molecule has 0 bridgehead atoms. The molecule has 0 unspecified atom stereocenters. The van der Waals surface area contributed by atoms with E-state index in [1.54, 1.807) is 6.20 Å². The van der Waals surface area contributed by atoms with E-state index in [2.05, 4.69) is 44.5 Å². The number of benzene rings is 1. The summed E-state index contributed by atoms with van der Waals surface area (Å²) in [6.45, 7) is 1.42. The van der Waals surface area contributed by atoms with Crippen LogP contribution in [0.1, 0.15) is 87.1 Å². The molecule has 11 nitrogen and oxygen atoms in total. The molecule has 3 aromatic heterocycles. The number of aromatic nitrogens is 6. The van der Waals surface area contributed by atoms with E-state index in [1.165, 1.54) is 32.1 Å². The quantitative estimate of drug-likeness (QED) is 0.206. The van der Waals surface area contributed by atoms with Gasteiger partial charge in [-0.3, -0.25) is 14.4 Å². The monoisotopic (exact) mass is 645 g/mol. The van der Waals surface area contributed by atoms with Crippen LogP contribution in [0, 0.1) is 17.2 Å². The van der Waals surface area contributed by atoms with Gasteiger partial charge in [-0.15, -0.1) is 0 Å². The first-order valence-corrected chi connectivity index (χ1v) is 17.5. The third kappa shape index (κ3) is 7.55. The van der Waals surface area contributed by atoms with Crippen LogP contribution < -0.4 is 10.2 Å². The number of ether oxygens (including phenoxy) is 1. The molecule has 1 amide bonds. The van der Waals surface area contributed by atoms with Crippen LogP contribution in [0.15, 0.2) is 61.3 Å². The average molecular weight is 646 g/mol. The zero-order valence-electron chi connectivity index (χ0n) is 27.4. The highest BCUT2D eigenvalue weighted by molar-refractivity contribution is 5.92. The maximum Gasteiger partial charge on any atom is 0.232 e. The minimum absolute atomic E-state index is 0.0118. The summed E-state index contributed by atoms with van der Waals surface area (Å²) in [5.74, 6) is 1.44. The third-order valence-electron chi connectivity index (χ3n) is 10.0. The Morgan fingerprint density at radius 1 is 0.938 bits per heavy atom. The summed E-state index contributed by atoms with van der Waals surface area (Å²) in [4.78, 5) is 34.4. The molecule has 11 heteroatoms. The van der Waals surface area contributed by atoms with Crippen LogP contribution in [-0.4, -0.2) is 60.9 Å². The molecule has 0 spiro atoms. The first-order chi connectivity index (χ1) is 23.6. The predicted octanol–water partition coefficient (Wildman–Crippen LogP) is 6.08. The molecule has 3 fully saturated rings. The predicted molar refractivity (Wildman–Crippen MR) is 182 cm³/mol. The lowest BCUT2D eigenvalue weighted by Crippen LogP contribution is -2.45. The van der Waals surface area contributed by atoms with Crippen molar-refractivity contribution in [2.75, 3.05) is 23.4 Å². The minimum atomic E-state index is -0.0118. The topological polar surface area (TPSA) is 135 Å². The largest absolute Gasteiger partial charge is 0.381 e. The maximum absolute atomic E-state index is 13.9. The molecule has 4 heterocycles. The van der Waals surface area contributed by atoms with Crippen molar-refractivity contribution in [1.82, 2.24) is 29.7 Å². The fraction of sp³-hybridized carbons (Fsp3) is 0.486. The molecule has 2 aliphatic carbocycles. The molecule has 1 aliphatic heterocycles. The van der Waals surface area contributed by atoms with E-state index in [0.29, 0.717) is 61.9 Å². The summed E-state index contributed by atoms with van der Waals surface area (Å²) < 4.78 is 7.41. The molecule has 1 saturated heterocycles. The van der Waals surface area contributed by atoms with Crippen molar-refractivity contribution in [1.29, 1.82) is 5.26 Å². The Bertz CT molecular complexity index is 1700. The Kier molecular flexibility index (Phi) is 9.98. The number of carbonyl (C=O) groups is 1. The zero-order chi connectivity index (χ0) is 32.7. The van der Waals surface area contributed by atoms with Gasteiger partial charge in [-0.1, -0.05) is 49.6 Å². The number of rotatable bonds is 11. The van der Waals surface area contributed by atoms with Gasteiger partial charge < -0.3 is 10.1 Å². The van der Waals surface area contributed by atoms with Crippen LogP contribution in [-0.2, 0) is 22.4 Å². The second-order valence-corrected chi connectivity index (χ2v) is 13.4. The van der Waals surface area contributed by atoms with Gasteiger partial charge in [0.15, 0.2) is 0 Å². The second kappa shape index (κ2) is 15.0. The normalized spacial score (nSPS) is 20.1. The molecule has 1 N–H and O–H groups in total. The minimum Gasteiger partial charge on any atom is -0.381 e. The molecular weight excluding hydrogens is 602 g/mol. The first-order valence-electron chi connectivity index (χ1n) is 17.5. The smallest absolute Gasteiger partial charge is 0.232 e. The molecule has 0 radical (unpaired) electrons. The number of carbonyl (C=O) groups excluding carboxylic acids is 1. The van der Waals surface area contributed by atoms with Gasteiger partial charge >= 0.3 is 0 Å². The number of anilines is 2. The van der Waals surface area contributed by atoms with Crippen LogP contribution in [0.25, 0.3) is 11.1 Å². The van der Waals surface area contributed by atoms with E-state index in [-0.39, 0.29) is 18.0 Å². The van der Waals surface area contributed by atoms with Crippen molar-refractivity contribution in [2.24, 2.45) is 5.92 Å². The molecule has 0 atom stereocenters. The number of nitrogens with zero attached hydrogens (tertiary/aromatic N) is 8. The average Bonchev–Trinajstić information content (AvgIpc) is 3.62. The van der Waals surface area contributed by atoms with Gasteiger partial charge in [-0.25, -0.2) is 19.9 Å². The van der Waals surface area contributed by atoms with Gasteiger partial charge in [0.1, 0.15) is 6.07 Å². The molecule has 4 aromatic rings. The summed E-state index contributed by atoms with van der Waals surface area (Å²) in [6, 6.07) is 13.0. The van der Waals surface area contributed by atoms with Gasteiger partial charge in [0, 0.05) is 54.1 Å². The molecule has 3 aliphatic rings. The highest BCUT2D eigenvalue weighted by Gasteiger charge is 2.32. The molecule has 2 saturated carbocycles. The van der Waals surface area contributed by atoms with Crippen LogP contribution in [0.4, 0.5) is 11.9 Å². The van der Waals surface area contributed by atoms with Crippen LogP contribution in [0.3, 0.4) is 0 Å². The van der Waals surface area contributed by atoms with E-state index >= 15 is 0 Å². The van der Waals surface area contributed by atoms with Gasteiger partial charge in [0.05, 0.1) is 42.9 Å². The molecular formula is C37H43N9O2. The first kappa shape index (κ1) is 31.9. The number of nitrogens with one attached hydrogen (secondary N) is 1. The number of hydrogen-bond donors (Lipinski definition) is 1. The van der Waals surface area contributed by atoms with E-state index in [0.717, 1.165) is 48.1 Å². The SMILES string of the molecule is N#Cc1cnc(NC2CCC(N(C(=O)CCc3ccccc3)c3ncc(-c4cnn(C5CCCCC5)c4)cn3)CC2)nc1CC1COC1. The van der Waals surface area contributed by atoms with Crippen molar-refractivity contribution in [3.63, 3.8) is 0 Å². The van der Waals surface area contributed by atoms with E-state index in [1.807, 2.05) is 41.7 Å². The van der Waals surface area contributed by atoms with Crippen LogP contribution >= 0.6 is 0 Å². The summed E-state index contributed by atoms with van der Waals surface area (Å²) in [5.41, 5.74) is 4.32. The Labute approximate surface area is 281 Å². The van der Waals surface area contributed by atoms with Crippen LogP contribution in [0.5, 0.6) is 0 Å². The fourth-order valence-electron chi connectivity index (χ4n) is 7.19. The highest BCUT2D eigenvalue weighted by Crippen LogP contribution is 2.31. The van der Waals surface area contributed by atoms with Crippen molar-refractivity contribution < 1.29 is 9.53 Å². The Balaban J connectivity index is 1.04. The number of hydrogen-bond acceptors (Lipinski definition) is 9. The summed E-state index contributed by atoms with van der Waals surface area (Å²) in [6.07, 6.45) is 20.5. The van der Waals surface area contributed by atoms with Gasteiger partial charge in [0.25, 0.3) is 0 Å². The Morgan fingerprint density at radius 2 is 1.71 bits per heavy atom. The zero-order valence-corrected chi connectivity index (χ0v) is 27.4. The van der Waals surface area contributed by atoms with Gasteiger partial charge in [0.2, 0.25) is 17.8 Å². The van der Waals surface area contributed by atoms with E-state index in [9.17, 15) is 10.1 Å². The van der Waals surface area contributed by atoms with Crippen molar-refractivity contribution >= 4 is 17.8 Å². The number of amides is 1. The number of nitriles is 1. The lowest BCUT2D eigenvalue weighted by Gasteiger charge is -2.36. The third-order valence-corrected chi connectivity index (χ3v) is 10.0.